The van der Waals surface area contributed by atoms with Crippen molar-refractivity contribution < 1.29 is 38.4 Å². The number of ether oxygens (including phenoxy) is 5. The Morgan fingerprint density at radius 3 is 2.55 bits per heavy atom. The van der Waals surface area contributed by atoms with Crippen molar-refractivity contribution in [1.29, 1.82) is 0 Å². The lowest BCUT2D eigenvalue weighted by atomic mass is 10.1. The van der Waals surface area contributed by atoms with Gasteiger partial charge in [-0.1, -0.05) is 12.1 Å². The first kappa shape index (κ1) is 23.4. The molecule has 31 heavy (non-hydrogen) atoms. The summed E-state index contributed by atoms with van der Waals surface area (Å²) in [5.41, 5.74) is 1.20. The van der Waals surface area contributed by atoms with E-state index in [-0.39, 0.29) is 31.3 Å². The number of nitrogens with one attached hydrogen (secondary N) is 2. The van der Waals surface area contributed by atoms with Gasteiger partial charge < -0.3 is 34.1 Å². The molecule has 2 aliphatic rings. The van der Waals surface area contributed by atoms with Gasteiger partial charge in [-0.25, -0.2) is 4.79 Å². The second-order valence-corrected chi connectivity index (χ2v) is 7.93. The summed E-state index contributed by atoms with van der Waals surface area (Å²) in [6, 6.07) is 6.58. The van der Waals surface area contributed by atoms with E-state index >= 15 is 0 Å². The van der Waals surface area contributed by atoms with Gasteiger partial charge in [-0.05, 0) is 44.5 Å². The molecule has 10 heteroatoms. The Labute approximate surface area is 181 Å². The van der Waals surface area contributed by atoms with Crippen molar-refractivity contribution in [2.75, 3.05) is 32.1 Å². The van der Waals surface area contributed by atoms with E-state index in [2.05, 4.69) is 10.6 Å². The summed E-state index contributed by atoms with van der Waals surface area (Å²) in [6.07, 6.45) is -1.09. The van der Waals surface area contributed by atoms with Gasteiger partial charge in [0.05, 0.1) is 13.0 Å². The maximum absolute atomic E-state index is 11.9. The molecule has 1 aromatic carbocycles. The largest absolute Gasteiger partial charge is 0.481 e. The van der Waals surface area contributed by atoms with Crippen LogP contribution in [0.25, 0.3) is 0 Å². The van der Waals surface area contributed by atoms with E-state index in [0.717, 1.165) is 0 Å². The molecule has 2 aliphatic heterocycles. The first-order valence-corrected chi connectivity index (χ1v) is 10.3. The molecular weight excluding hydrogens is 408 g/mol. The van der Waals surface area contributed by atoms with Gasteiger partial charge in [0.25, 0.3) is 0 Å². The molecule has 10 nitrogen and oxygen atoms in total. The summed E-state index contributed by atoms with van der Waals surface area (Å²) < 4.78 is 28.2. The molecule has 3 N–H and O–H groups in total. The lowest BCUT2D eigenvalue weighted by Gasteiger charge is -2.23. The average Bonchev–Trinajstić information content (AvgIpc) is 3.18. The normalized spacial score (nSPS) is 26.4. The molecule has 1 aromatic rings. The highest BCUT2D eigenvalue weighted by Gasteiger charge is 2.55. The first-order valence-electron chi connectivity index (χ1n) is 10.3. The minimum atomic E-state index is -0.903. The van der Waals surface area contributed by atoms with Crippen LogP contribution in [0.1, 0.15) is 25.8 Å². The number of hydrogen-bond acceptors (Lipinski definition) is 8. The van der Waals surface area contributed by atoms with E-state index < -0.39 is 24.1 Å². The van der Waals surface area contributed by atoms with Gasteiger partial charge in [0.2, 0.25) is 0 Å². The average molecular weight is 438 g/mol. The van der Waals surface area contributed by atoms with Crippen molar-refractivity contribution >= 4 is 17.7 Å². The monoisotopic (exact) mass is 438 g/mol. The Morgan fingerprint density at radius 1 is 1.16 bits per heavy atom. The molecule has 172 valence electrons. The number of carbonyl (C=O) groups excluding carboxylic acids is 1. The molecule has 0 bridgehead atoms. The summed E-state index contributed by atoms with van der Waals surface area (Å²) in [4.78, 5) is 22.5. The van der Waals surface area contributed by atoms with Gasteiger partial charge in [0, 0.05) is 19.3 Å². The third-order valence-corrected chi connectivity index (χ3v) is 4.97. The van der Waals surface area contributed by atoms with Gasteiger partial charge in [-0.3, -0.25) is 10.1 Å². The molecule has 2 fully saturated rings. The van der Waals surface area contributed by atoms with Gasteiger partial charge in [-0.2, -0.15) is 0 Å². The van der Waals surface area contributed by atoms with Gasteiger partial charge >= 0.3 is 12.1 Å². The van der Waals surface area contributed by atoms with E-state index in [1.54, 1.807) is 31.4 Å². The lowest BCUT2D eigenvalue weighted by Crippen LogP contribution is -2.38. The van der Waals surface area contributed by atoms with Crippen molar-refractivity contribution in [3.63, 3.8) is 0 Å². The fourth-order valence-corrected chi connectivity index (χ4v) is 3.64. The highest BCUT2D eigenvalue weighted by Crippen LogP contribution is 2.38. The van der Waals surface area contributed by atoms with Crippen LogP contribution in [-0.2, 0) is 34.9 Å². The molecule has 2 saturated heterocycles. The number of methoxy groups -OCH3 is 1. The number of hydrogen-bond donors (Lipinski definition) is 3. The highest BCUT2D eigenvalue weighted by molar-refractivity contribution is 5.84. The van der Waals surface area contributed by atoms with Gasteiger partial charge in [0.15, 0.2) is 12.1 Å². The molecule has 0 unspecified atom stereocenters. The van der Waals surface area contributed by atoms with Crippen molar-refractivity contribution in [3.05, 3.63) is 29.8 Å². The van der Waals surface area contributed by atoms with Gasteiger partial charge in [-0.15, -0.1) is 0 Å². The van der Waals surface area contributed by atoms with Crippen molar-refractivity contribution in [2.24, 2.45) is 0 Å². The molecule has 0 aliphatic carbocycles. The Morgan fingerprint density at radius 2 is 1.87 bits per heavy atom. The Balaban J connectivity index is 1.30. The van der Waals surface area contributed by atoms with Crippen LogP contribution in [-0.4, -0.2) is 74.4 Å². The number of carbonyl (C=O) groups is 2. The zero-order valence-electron chi connectivity index (χ0n) is 18.0. The van der Waals surface area contributed by atoms with Crippen molar-refractivity contribution in [3.8, 4) is 0 Å². The van der Waals surface area contributed by atoms with E-state index in [1.165, 1.54) is 0 Å². The van der Waals surface area contributed by atoms with Crippen molar-refractivity contribution in [2.45, 2.75) is 57.1 Å². The highest BCUT2D eigenvalue weighted by atomic mass is 16.8. The van der Waals surface area contributed by atoms with Crippen LogP contribution >= 0.6 is 0 Å². The van der Waals surface area contributed by atoms with E-state index in [4.69, 9.17) is 28.8 Å². The lowest BCUT2D eigenvalue weighted by molar-refractivity contribution is -0.226. The Kier molecular flexibility index (Phi) is 7.84. The van der Waals surface area contributed by atoms with Crippen LogP contribution in [0, 0.1) is 0 Å². The number of anilines is 1. The van der Waals surface area contributed by atoms with Crippen LogP contribution in [0.4, 0.5) is 10.5 Å². The predicted octanol–water partition coefficient (Wildman–Crippen LogP) is 1.73. The molecule has 4 atom stereocenters. The molecule has 2 heterocycles. The zero-order valence-corrected chi connectivity index (χ0v) is 18.0. The smallest absolute Gasteiger partial charge is 0.411 e. The second kappa shape index (κ2) is 10.4. The Hall–Kier alpha value is -2.24. The summed E-state index contributed by atoms with van der Waals surface area (Å²) >= 11 is 0. The van der Waals surface area contributed by atoms with Crippen LogP contribution in [0.2, 0.25) is 0 Å². The maximum atomic E-state index is 11.9. The van der Waals surface area contributed by atoms with E-state index in [9.17, 15) is 9.59 Å². The maximum Gasteiger partial charge on any atom is 0.411 e. The second-order valence-electron chi connectivity index (χ2n) is 7.93. The fraction of sp³-hybridized carbons (Fsp3) is 0.619. The standard InChI is InChI=1S/C21H30N2O8/c1-21(2)30-17-15(29-19(27-3)18(17)31-21)12-22-9-4-10-28-20(26)23-14-7-5-13(6-8-14)11-16(24)25/h5-8,15,17-19,22H,4,9-12H2,1-3H3,(H,23,26)(H,24,25)/t15-,17+,18+,19-/m1/s1. The Bertz CT molecular complexity index is 754. The minimum absolute atomic E-state index is 0.0614. The third-order valence-electron chi connectivity index (χ3n) is 4.97. The van der Waals surface area contributed by atoms with Crippen LogP contribution < -0.4 is 10.6 Å². The molecule has 0 aromatic heterocycles. The van der Waals surface area contributed by atoms with Crippen molar-refractivity contribution in [1.82, 2.24) is 5.32 Å². The zero-order chi connectivity index (χ0) is 22.4. The summed E-state index contributed by atoms with van der Waals surface area (Å²) in [5, 5.41) is 14.7. The van der Waals surface area contributed by atoms with E-state index in [0.29, 0.717) is 30.8 Å². The molecular formula is C21H30N2O8. The SMILES string of the molecule is CO[C@@H]1O[C@H](CNCCCOC(=O)Nc2ccc(CC(=O)O)cc2)[C@@H]2OC(C)(C)O[C@H]12. The fourth-order valence-electron chi connectivity index (χ4n) is 3.64. The number of fused-ring (bicyclic) bond motifs is 1. The quantitative estimate of drug-likeness (QED) is 0.468. The number of amides is 1. The predicted molar refractivity (Wildman–Crippen MR) is 110 cm³/mol. The number of benzene rings is 1. The summed E-state index contributed by atoms with van der Waals surface area (Å²) in [5.74, 6) is -1.56. The number of rotatable bonds is 10. The number of carboxylic acid groups (broad SMARTS) is 1. The summed E-state index contributed by atoms with van der Waals surface area (Å²) in [6.45, 7) is 5.19. The van der Waals surface area contributed by atoms with Crippen LogP contribution in [0.5, 0.6) is 0 Å². The molecule has 1 amide bonds. The third kappa shape index (κ3) is 6.62. The van der Waals surface area contributed by atoms with Crippen LogP contribution in [0.15, 0.2) is 24.3 Å². The molecule has 0 spiro atoms. The molecule has 3 rings (SSSR count). The molecule has 0 radical (unpaired) electrons. The topological polar surface area (TPSA) is 125 Å². The first-order chi connectivity index (χ1) is 14.8. The van der Waals surface area contributed by atoms with E-state index in [1.807, 2.05) is 13.8 Å². The van der Waals surface area contributed by atoms with Gasteiger partial charge in [0.1, 0.15) is 18.3 Å². The van der Waals surface area contributed by atoms with Crippen LogP contribution in [0.3, 0.4) is 0 Å². The minimum Gasteiger partial charge on any atom is -0.481 e. The molecule has 0 saturated carbocycles. The number of carboxylic acids is 1. The number of aliphatic carboxylic acids is 1. The summed E-state index contributed by atoms with van der Waals surface area (Å²) in [7, 11) is 1.58.